The zero-order valence-electron chi connectivity index (χ0n) is 9.63. The summed E-state index contributed by atoms with van der Waals surface area (Å²) in [5.74, 6) is -0.879. The number of rotatable bonds is 1. The van der Waals surface area contributed by atoms with Gasteiger partial charge in [0.15, 0.2) is 0 Å². The van der Waals surface area contributed by atoms with Crippen LogP contribution < -0.4 is 5.73 Å². The van der Waals surface area contributed by atoms with Crippen LogP contribution in [0, 0.1) is 6.92 Å². The van der Waals surface area contributed by atoms with Crippen LogP contribution in [0.4, 0.5) is 5.69 Å². The number of carboxylic acids is 1. The third-order valence-corrected chi connectivity index (χ3v) is 2.10. The SMILES string of the molecule is Cc1ccc(N)cc1.O=C(O)c1ccccc1. The van der Waals surface area contributed by atoms with E-state index in [1.54, 1.807) is 30.3 Å². The van der Waals surface area contributed by atoms with E-state index in [1.165, 1.54) is 5.56 Å². The molecule has 0 bridgehead atoms. The lowest BCUT2D eigenvalue weighted by Gasteiger charge is -1.90. The Hall–Kier alpha value is -2.29. The summed E-state index contributed by atoms with van der Waals surface area (Å²) in [5.41, 5.74) is 7.84. The van der Waals surface area contributed by atoms with Crippen LogP contribution >= 0.6 is 0 Å². The zero-order chi connectivity index (χ0) is 12.7. The number of aryl methyl sites for hydroxylation is 1. The summed E-state index contributed by atoms with van der Waals surface area (Å²) in [4.78, 5) is 10.2. The molecular weight excluding hydrogens is 214 g/mol. The Morgan fingerprint density at radius 2 is 1.53 bits per heavy atom. The molecular formula is C14H15NO2. The largest absolute Gasteiger partial charge is 0.478 e. The van der Waals surface area contributed by atoms with Crippen molar-refractivity contribution in [3.05, 3.63) is 65.7 Å². The van der Waals surface area contributed by atoms with E-state index < -0.39 is 5.97 Å². The van der Waals surface area contributed by atoms with Crippen LogP contribution in [-0.2, 0) is 0 Å². The Labute approximate surface area is 101 Å². The third-order valence-electron chi connectivity index (χ3n) is 2.10. The summed E-state index contributed by atoms with van der Waals surface area (Å²) in [6.45, 7) is 2.04. The van der Waals surface area contributed by atoms with Crippen LogP contribution in [0.1, 0.15) is 15.9 Å². The highest BCUT2D eigenvalue weighted by atomic mass is 16.4. The minimum Gasteiger partial charge on any atom is -0.478 e. The van der Waals surface area contributed by atoms with E-state index in [-0.39, 0.29) is 0 Å². The molecule has 2 aromatic rings. The molecule has 0 fully saturated rings. The van der Waals surface area contributed by atoms with Gasteiger partial charge in [-0.05, 0) is 31.2 Å². The van der Waals surface area contributed by atoms with Crippen LogP contribution in [0.3, 0.4) is 0 Å². The van der Waals surface area contributed by atoms with Crippen LogP contribution in [0.25, 0.3) is 0 Å². The Bertz CT molecular complexity index is 442. The summed E-state index contributed by atoms with van der Waals surface area (Å²) in [5, 5.41) is 8.38. The Balaban J connectivity index is 0.000000171. The van der Waals surface area contributed by atoms with Gasteiger partial charge in [-0.1, -0.05) is 35.9 Å². The van der Waals surface area contributed by atoms with Gasteiger partial charge in [0.25, 0.3) is 0 Å². The number of hydrogen-bond acceptors (Lipinski definition) is 2. The van der Waals surface area contributed by atoms with Crippen LogP contribution in [0.2, 0.25) is 0 Å². The van der Waals surface area contributed by atoms with Crippen LogP contribution in [-0.4, -0.2) is 11.1 Å². The third kappa shape index (κ3) is 4.84. The van der Waals surface area contributed by atoms with Gasteiger partial charge in [0.1, 0.15) is 0 Å². The zero-order valence-corrected chi connectivity index (χ0v) is 9.63. The van der Waals surface area contributed by atoms with E-state index in [1.807, 2.05) is 31.2 Å². The standard InChI is InChI=1S/C7H9N.C7H6O2/c1-6-2-4-7(8)5-3-6;8-7(9)6-4-2-1-3-5-6/h2-5H,8H2,1H3;1-5H,(H,8,9). The molecule has 0 unspecified atom stereocenters. The van der Waals surface area contributed by atoms with Crippen molar-refractivity contribution in [3.8, 4) is 0 Å². The van der Waals surface area contributed by atoms with Gasteiger partial charge in [0.2, 0.25) is 0 Å². The van der Waals surface area contributed by atoms with Crippen molar-refractivity contribution in [2.75, 3.05) is 5.73 Å². The second-order valence-electron chi connectivity index (χ2n) is 3.58. The number of nitrogens with two attached hydrogens (primary N) is 1. The van der Waals surface area contributed by atoms with Crippen molar-refractivity contribution in [2.24, 2.45) is 0 Å². The Morgan fingerprint density at radius 1 is 1.00 bits per heavy atom. The minimum absolute atomic E-state index is 0.331. The molecule has 0 aliphatic heterocycles. The first-order valence-corrected chi connectivity index (χ1v) is 5.20. The summed E-state index contributed by atoms with van der Waals surface area (Å²) < 4.78 is 0. The van der Waals surface area contributed by atoms with Gasteiger partial charge in [-0.25, -0.2) is 4.79 Å². The van der Waals surface area contributed by atoms with Crippen molar-refractivity contribution in [3.63, 3.8) is 0 Å². The minimum atomic E-state index is -0.879. The van der Waals surface area contributed by atoms with Gasteiger partial charge in [-0.2, -0.15) is 0 Å². The highest BCUT2D eigenvalue weighted by Crippen LogP contribution is 2.02. The first-order chi connectivity index (χ1) is 8.09. The number of hydrogen-bond donors (Lipinski definition) is 2. The van der Waals surface area contributed by atoms with Gasteiger partial charge in [-0.15, -0.1) is 0 Å². The monoisotopic (exact) mass is 229 g/mol. The van der Waals surface area contributed by atoms with Crippen molar-refractivity contribution < 1.29 is 9.90 Å². The van der Waals surface area contributed by atoms with E-state index in [2.05, 4.69) is 0 Å². The predicted octanol–water partition coefficient (Wildman–Crippen LogP) is 2.96. The average Bonchev–Trinajstić information content (AvgIpc) is 2.35. The van der Waals surface area contributed by atoms with Crippen molar-refractivity contribution >= 4 is 11.7 Å². The lowest BCUT2D eigenvalue weighted by molar-refractivity contribution is 0.0697. The molecule has 0 spiro atoms. The molecule has 2 aromatic carbocycles. The van der Waals surface area contributed by atoms with Gasteiger partial charge < -0.3 is 10.8 Å². The maximum Gasteiger partial charge on any atom is 0.335 e. The van der Waals surface area contributed by atoms with E-state index >= 15 is 0 Å². The second kappa shape index (κ2) is 6.33. The van der Waals surface area contributed by atoms with E-state index in [4.69, 9.17) is 10.8 Å². The topological polar surface area (TPSA) is 63.3 Å². The molecule has 3 heteroatoms. The van der Waals surface area contributed by atoms with E-state index in [9.17, 15) is 4.79 Å². The number of anilines is 1. The predicted molar refractivity (Wildman–Crippen MR) is 69.0 cm³/mol. The number of carbonyl (C=O) groups is 1. The fourth-order valence-electron chi connectivity index (χ4n) is 1.15. The lowest BCUT2D eigenvalue weighted by Crippen LogP contribution is -1.93. The molecule has 0 aliphatic rings. The van der Waals surface area contributed by atoms with Crippen LogP contribution in [0.15, 0.2) is 54.6 Å². The van der Waals surface area contributed by atoms with E-state index in [0.29, 0.717) is 5.56 Å². The van der Waals surface area contributed by atoms with Crippen molar-refractivity contribution in [2.45, 2.75) is 6.92 Å². The number of aromatic carboxylic acids is 1. The van der Waals surface area contributed by atoms with Gasteiger partial charge >= 0.3 is 5.97 Å². The summed E-state index contributed by atoms with van der Waals surface area (Å²) in [6, 6.07) is 16.1. The molecule has 17 heavy (non-hydrogen) atoms. The number of carboxylic acid groups (broad SMARTS) is 1. The molecule has 0 aliphatic carbocycles. The van der Waals surface area contributed by atoms with Crippen molar-refractivity contribution in [1.82, 2.24) is 0 Å². The fourth-order valence-corrected chi connectivity index (χ4v) is 1.15. The summed E-state index contributed by atoms with van der Waals surface area (Å²) in [6.07, 6.45) is 0. The number of nitrogen functional groups attached to an aromatic ring is 1. The molecule has 0 aromatic heterocycles. The maximum atomic E-state index is 10.2. The summed E-state index contributed by atoms with van der Waals surface area (Å²) >= 11 is 0. The highest BCUT2D eigenvalue weighted by Gasteiger charge is 1.96. The van der Waals surface area contributed by atoms with Crippen LogP contribution in [0.5, 0.6) is 0 Å². The van der Waals surface area contributed by atoms with Gasteiger partial charge in [0.05, 0.1) is 5.56 Å². The van der Waals surface area contributed by atoms with E-state index in [0.717, 1.165) is 5.69 Å². The Kier molecular flexibility index (Phi) is 4.76. The average molecular weight is 229 g/mol. The van der Waals surface area contributed by atoms with Gasteiger partial charge in [0, 0.05) is 5.69 Å². The molecule has 0 saturated carbocycles. The lowest BCUT2D eigenvalue weighted by atomic mass is 10.2. The molecule has 0 amide bonds. The molecule has 88 valence electrons. The molecule has 0 heterocycles. The molecule has 0 atom stereocenters. The summed E-state index contributed by atoms with van der Waals surface area (Å²) in [7, 11) is 0. The Morgan fingerprint density at radius 3 is 1.88 bits per heavy atom. The molecule has 0 saturated heterocycles. The number of benzene rings is 2. The fraction of sp³-hybridized carbons (Fsp3) is 0.0714. The van der Waals surface area contributed by atoms with Gasteiger partial charge in [-0.3, -0.25) is 0 Å². The molecule has 3 nitrogen and oxygen atoms in total. The molecule has 2 rings (SSSR count). The smallest absolute Gasteiger partial charge is 0.335 e. The van der Waals surface area contributed by atoms with Crippen molar-refractivity contribution in [1.29, 1.82) is 0 Å². The normalized spacial score (nSPS) is 9.00. The molecule has 0 radical (unpaired) electrons. The maximum absolute atomic E-state index is 10.2. The highest BCUT2D eigenvalue weighted by molar-refractivity contribution is 5.87. The molecule has 3 N–H and O–H groups in total. The quantitative estimate of drug-likeness (QED) is 0.739. The first-order valence-electron chi connectivity index (χ1n) is 5.20. The second-order valence-corrected chi connectivity index (χ2v) is 3.58. The first kappa shape index (κ1) is 12.8.